The van der Waals surface area contributed by atoms with Crippen molar-refractivity contribution >= 4 is 34.9 Å². The molecule has 1 aromatic carbocycles. The number of amides is 2. The zero-order valence-corrected chi connectivity index (χ0v) is 10.7. The van der Waals surface area contributed by atoms with Crippen LogP contribution >= 0.6 is 23.2 Å². The molecule has 7 heteroatoms. The summed E-state index contributed by atoms with van der Waals surface area (Å²) >= 11 is 11.6. The summed E-state index contributed by atoms with van der Waals surface area (Å²) in [6.07, 6.45) is 0. The van der Waals surface area contributed by atoms with E-state index in [2.05, 4.69) is 10.7 Å². The van der Waals surface area contributed by atoms with E-state index in [4.69, 9.17) is 23.2 Å². The Labute approximate surface area is 108 Å². The molecule has 0 aliphatic carbocycles. The zero-order valence-electron chi connectivity index (χ0n) is 9.21. The van der Waals surface area contributed by atoms with Gasteiger partial charge in [-0.2, -0.15) is 0 Å². The zero-order chi connectivity index (χ0) is 12.8. The summed E-state index contributed by atoms with van der Waals surface area (Å²) < 4.78 is 0. The third-order valence-electron chi connectivity index (χ3n) is 2.27. The molecule has 17 heavy (non-hydrogen) atoms. The number of halogens is 2. The number of carbonyl (C=O) groups is 1. The number of hydrogen-bond acceptors (Lipinski definition) is 3. The van der Waals surface area contributed by atoms with Crippen LogP contribution in [0.1, 0.15) is 13.8 Å². The van der Waals surface area contributed by atoms with Crippen molar-refractivity contribution in [1.29, 1.82) is 0 Å². The predicted octanol–water partition coefficient (Wildman–Crippen LogP) is 2.47. The summed E-state index contributed by atoms with van der Waals surface area (Å²) in [6.45, 7) is 3.63. The maximum atomic E-state index is 11.7. The van der Waals surface area contributed by atoms with Crippen LogP contribution in [0.25, 0.3) is 0 Å². The van der Waals surface area contributed by atoms with Gasteiger partial charge in [-0.15, -0.1) is 0 Å². The molecular weight excluding hydrogens is 265 g/mol. The fourth-order valence-corrected chi connectivity index (χ4v) is 2.02. The molecular formula is C10H11Cl2N3O2. The molecule has 2 rings (SSSR count). The molecule has 1 heterocycles. The first kappa shape index (κ1) is 12.3. The summed E-state index contributed by atoms with van der Waals surface area (Å²) in [7, 11) is 0. The summed E-state index contributed by atoms with van der Waals surface area (Å²) in [5.41, 5.74) is 2.86. The molecule has 0 saturated carbocycles. The number of phenols is 1. The SMILES string of the molecule is CC1(C)NC(=O)N(c2cc(Cl)c(O)c(Cl)c2)N1. The number of anilines is 1. The van der Waals surface area contributed by atoms with Gasteiger partial charge in [-0.25, -0.2) is 15.2 Å². The third kappa shape index (κ3) is 2.26. The molecule has 0 radical (unpaired) electrons. The van der Waals surface area contributed by atoms with Crippen molar-refractivity contribution < 1.29 is 9.90 Å². The van der Waals surface area contributed by atoms with Gasteiger partial charge in [0.1, 0.15) is 5.66 Å². The second kappa shape index (κ2) is 3.94. The molecule has 0 bridgehead atoms. The lowest BCUT2D eigenvalue weighted by Crippen LogP contribution is -2.45. The van der Waals surface area contributed by atoms with Crippen LogP contribution in [0.3, 0.4) is 0 Å². The quantitative estimate of drug-likeness (QED) is 0.738. The van der Waals surface area contributed by atoms with Crippen LogP contribution < -0.4 is 15.8 Å². The van der Waals surface area contributed by atoms with Crippen LogP contribution in [0, 0.1) is 0 Å². The Morgan fingerprint density at radius 2 is 1.82 bits per heavy atom. The van der Waals surface area contributed by atoms with E-state index < -0.39 is 5.66 Å². The first-order valence-corrected chi connectivity index (χ1v) is 5.64. The van der Waals surface area contributed by atoms with Gasteiger partial charge in [-0.1, -0.05) is 23.2 Å². The van der Waals surface area contributed by atoms with Crippen molar-refractivity contribution in [2.45, 2.75) is 19.5 Å². The Hall–Kier alpha value is -1.17. The number of urea groups is 1. The van der Waals surface area contributed by atoms with Gasteiger partial charge in [-0.3, -0.25) is 0 Å². The minimum absolute atomic E-state index is 0.0896. The Balaban J connectivity index is 2.39. The monoisotopic (exact) mass is 275 g/mol. The van der Waals surface area contributed by atoms with E-state index in [-0.39, 0.29) is 21.8 Å². The average molecular weight is 276 g/mol. The molecule has 1 saturated heterocycles. The van der Waals surface area contributed by atoms with E-state index in [0.29, 0.717) is 5.69 Å². The predicted molar refractivity (Wildman–Crippen MR) is 66.4 cm³/mol. The normalized spacial score (nSPS) is 18.4. The van der Waals surface area contributed by atoms with Crippen molar-refractivity contribution in [3.63, 3.8) is 0 Å². The highest BCUT2D eigenvalue weighted by Gasteiger charge is 2.35. The van der Waals surface area contributed by atoms with Gasteiger partial charge in [0.15, 0.2) is 5.75 Å². The van der Waals surface area contributed by atoms with Gasteiger partial charge >= 0.3 is 6.03 Å². The van der Waals surface area contributed by atoms with Gasteiger partial charge in [0.25, 0.3) is 0 Å². The Morgan fingerprint density at radius 3 is 2.24 bits per heavy atom. The molecule has 1 aliphatic rings. The van der Waals surface area contributed by atoms with E-state index in [1.54, 1.807) is 0 Å². The van der Waals surface area contributed by atoms with Gasteiger partial charge in [-0.05, 0) is 26.0 Å². The van der Waals surface area contributed by atoms with Crippen molar-refractivity contribution in [3.05, 3.63) is 22.2 Å². The molecule has 0 aromatic heterocycles. The van der Waals surface area contributed by atoms with Crippen molar-refractivity contribution in [1.82, 2.24) is 10.7 Å². The van der Waals surface area contributed by atoms with Gasteiger partial charge in [0.05, 0.1) is 15.7 Å². The number of rotatable bonds is 1. The van der Waals surface area contributed by atoms with Crippen LogP contribution in [-0.4, -0.2) is 16.8 Å². The third-order valence-corrected chi connectivity index (χ3v) is 2.85. The first-order valence-electron chi connectivity index (χ1n) is 4.88. The summed E-state index contributed by atoms with van der Waals surface area (Å²) in [5, 5.41) is 13.6. The fraction of sp³-hybridized carbons (Fsp3) is 0.300. The van der Waals surface area contributed by atoms with Crippen molar-refractivity contribution in [2.75, 3.05) is 5.01 Å². The molecule has 1 aliphatic heterocycles. The largest absolute Gasteiger partial charge is 0.505 e. The Morgan fingerprint density at radius 1 is 1.29 bits per heavy atom. The highest BCUT2D eigenvalue weighted by molar-refractivity contribution is 6.37. The first-order chi connectivity index (χ1) is 7.80. The molecule has 0 atom stereocenters. The molecule has 0 spiro atoms. The second-order valence-electron chi connectivity index (χ2n) is 4.26. The van der Waals surface area contributed by atoms with E-state index in [9.17, 15) is 9.90 Å². The lowest BCUT2D eigenvalue weighted by molar-refractivity contribution is 0.248. The average Bonchev–Trinajstić information content (AvgIpc) is 2.48. The number of nitrogens with one attached hydrogen (secondary N) is 2. The minimum Gasteiger partial charge on any atom is -0.505 e. The second-order valence-corrected chi connectivity index (χ2v) is 5.07. The number of hydrazine groups is 1. The van der Waals surface area contributed by atoms with Crippen LogP contribution in [-0.2, 0) is 0 Å². The maximum absolute atomic E-state index is 11.7. The summed E-state index contributed by atoms with van der Waals surface area (Å²) in [6, 6.07) is 2.60. The molecule has 5 nitrogen and oxygen atoms in total. The molecule has 0 unspecified atom stereocenters. The summed E-state index contributed by atoms with van der Waals surface area (Å²) in [5.74, 6) is -0.198. The molecule has 92 valence electrons. The smallest absolute Gasteiger partial charge is 0.338 e. The molecule has 3 N–H and O–H groups in total. The van der Waals surface area contributed by atoms with Crippen LogP contribution in [0.15, 0.2) is 12.1 Å². The highest BCUT2D eigenvalue weighted by Crippen LogP contribution is 2.36. The van der Waals surface area contributed by atoms with E-state index >= 15 is 0 Å². The number of phenolic OH excluding ortho intramolecular Hbond substituents is 1. The molecule has 1 aromatic rings. The number of aromatic hydroxyl groups is 1. The molecule has 1 fully saturated rings. The lowest BCUT2D eigenvalue weighted by atomic mass is 10.3. The summed E-state index contributed by atoms with van der Waals surface area (Å²) in [4.78, 5) is 11.7. The number of benzene rings is 1. The minimum atomic E-state index is -0.548. The van der Waals surface area contributed by atoms with Gasteiger partial charge < -0.3 is 10.4 Å². The number of nitrogens with zero attached hydrogens (tertiary/aromatic N) is 1. The van der Waals surface area contributed by atoms with Crippen molar-refractivity contribution in [2.24, 2.45) is 0 Å². The van der Waals surface area contributed by atoms with Crippen LogP contribution in [0.2, 0.25) is 10.0 Å². The van der Waals surface area contributed by atoms with Gasteiger partial charge in [0, 0.05) is 0 Å². The van der Waals surface area contributed by atoms with E-state index in [0.717, 1.165) is 0 Å². The Bertz CT molecular complexity index is 467. The Kier molecular flexibility index (Phi) is 2.85. The lowest BCUT2D eigenvalue weighted by Gasteiger charge is -2.20. The van der Waals surface area contributed by atoms with E-state index in [1.807, 2.05) is 13.8 Å². The fourth-order valence-electron chi connectivity index (χ4n) is 1.54. The topological polar surface area (TPSA) is 64.6 Å². The maximum Gasteiger partial charge on any atom is 0.338 e. The van der Waals surface area contributed by atoms with Crippen LogP contribution in [0.4, 0.5) is 10.5 Å². The number of carbonyl (C=O) groups excluding carboxylic acids is 1. The number of hydrogen-bond donors (Lipinski definition) is 3. The van der Waals surface area contributed by atoms with Crippen molar-refractivity contribution in [3.8, 4) is 5.75 Å². The van der Waals surface area contributed by atoms with Gasteiger partial charge in [0.2, 0.25) is 0 Å². The molecule has 2 amide bonds. The standard InChI is InChI=1S/C10H11Cl2N3O2/c1-10(2)13-9(17)15(14-10)5-3-6(11)8(16)7(12)4-5/h3-4,14,16H,1-2H3,(H,13,17). The van der Waals surface area contributed by atoms with E-state index in [1.165, 1.54) is 17.1 Å². The highest BCUT2D eigenvalue weighted by atomic mass is 35.5. The van der Waals surface area contributed by atoms with Crippen LogP contribution in [0.5, 0.6) is 5.75 Å².